The summed E-state index contributed by atoms with van der Waals surface area (Å²) in [5.41, 5.74) is 0. The minimum atomic E-state index is 0.847. The zero-order valence-electron chi connectivity index (χ0n) is 8.74. The number of allylic oxidation sites excluding steroid dienone is 4. The molecule has 0 N–H and O–H groups in total. The maximum Gasteiger partial charge on any atom is 0.126 e. The SMILES string of the molecule is C(=C/c1ccco1)/C=C/C=C\c1ccco1. The second kappa shape index (κ2) is 5.61. The minimum Gasteiger partial charge on any atom is -0.465 e. The van der Waals surface area contributed by atoms with E-state index < -0.39 is 0 Å². The zero-order valence-corrected chi connectivity index (χ0v) is 8.74. The molecule has 0 amide bonds. The molecule has 0 atom stereocenters. The van der Waals surface area contributed by atoms with Gasteiger partial charge in [0.25, 0.3) is 0 Å². The highest BCUT2D eigenvalue weighted by atomic mass is 16.3. The van der Waals surface area contributed by atoms with Crippen LogP contribution in [-0.4, -0.2) is 0 Å². The van der Waals surface area contributed by atoms with E-state index in [2.05, 4.69) is 0 Å². The van der Waals surface area contributed by atoms with Crippen LogP contribution in [-0.2, 0) is 0 Å². The molecule has 0 fully saturated rings. The Bertz CT molecular complexity index is 425. The number of rotatable bonds is 4. The van der Waals surface area contributed by atoms with Crippen molar-refractivity contribution in [1.82, 2.24) is 0 Å². The Morgan fingerprint density at radius 1 is 0.688 bits per heavy atom. The molecule has 2 rings (SSSR count). The van der Waals surface area contributed by atoms with Crippen molar-refractivity contribution in [2.45, 2.75) is 0 Å². The molecule has 16 heavy (non-hydrogen) atoms. The van der Waals surface area contributed by atoms with E-state index in [9.17, 15) is 0 Å². The van der Waals surface area contributed by atoms with Crippen LogP contribution in [0.3, 0.4) is 0 Å². The summed E-state index contributed by atoms with van der Waals surface area (Å²) < 4.78 is 10.3. The van der Waals surface area contributed by atoms with Gasteiger partial charge < -0.3 is 8.83 Å². The fourth-order valence-corrected chi connectivity index (χ4v) is 1.20. The molecule has 2 aromatic rings. The normalized spacial score (nSPS) is 12.2. The highest BCUT2D eigenvalue weighted by Gasteiger charge is 1.84. The van der Waals surface area contributed by atoms with E-state index in [1.807, 2.05) is 60.7 Å². The van der Waals surface area contributed by atoms with Crippen LogP contribution in [0.15, 0.2) is 69.9 Å². The maximum absolute atomic E-state index is 5.15. The smallest absolute Gasteiger partial charge is 0.126 e. The van der Waals surface area contributed by atoms with Gasteiger partial charge in [-0.15, -0.1) is 0 Å². The Morgan fingerprint density at radius 3 is 1.56 bits per heavy atom. The summed E-state index contributed by atoms with van der Waals surface area (Å²) in [7, 11) is 0. The van der Waals surface area contributed by atoms with Crippen LogP contribution in [0.4, 0.5) is 0 Å². The fourth-order valence-electron chi connectivity index (χ4n) is 1.20. The molecule has 2 heteroatoms. The Morgan fingerprint density at radius 2 is 1.19 bits per heavy atom. The van der Waals surface area contributed by atoms with Gasteiger partial charge in [-0.3, -0.25) is 0 Å². The summed E-state index contributed by atoms with van der Waals surface area (Å²) in [6.07, 6.45) is 14.8. The monoisotopic (exact) mass is 212 g/mol. The predicted octanol–water partition coefficient (Wildman–Crippen LogP) is 4.16. The van der Waals surface area contributed by atoms with Gasteiger partial charge in [-0.05, 0) is 36.4 Å². The summed E-state index contributed by atoms with van der Waals surface area (Å²) in [4.78, 5) is 0. The van der Waals surface area contributed by atoms with Gasteiger partial charge >= 0.3 is 0 Å². The number of furan rings is 2. The second-order valence-corrected chi connectivity index (χ2v) is 3.13. The van der Waals surface area contributed by atoms with E-state index in [1.165, 1.54) is 0 Å². The van der Waals surface area contributed by atoms with Gasteiger partial charge in [0.2, 0.25) is 0 Å². The van der Waals surface area contributed by atoms with Gasteiger partial charge in [-0.25, -0.2) is 0 Å². The van der Waals surface area contributed by atoms with Crippen molar-refractivity contribution in [1.29, 1.82) is 0 Å². The lowest BCUT2D eigenvalue weighted by molar-refractivity contribution is 0.556. The predicted molar refractivity (Wildman–Crippen MR) is 64.6 cm³/mol. The highest BCUT2D eigenvalue weighted by Crippen LogP contribution is 2.03. The van der Waals surface area contributed by atoms with Gasteiger partial charge in [-0.2, -0.15) is 0 Å². The summed E-state index contributed by atoms with van der Waals surface area (Å²) in [6, 6.07) is 7.53. The van der Waals surface area contributed by atoms with E-state index in [0.717, 1.165) is 11.5 Å². The molecule has 0 unspecified atom stereocenters. The molecule has 80 valence electrons. The van der Waals surface area contributed by atoms with Crippen molar-refractivity contribution in [3.8, 4) is 0 Å². The molecule has 0 saturated heterocycles. The molecule has 0 spiro atoms. The lowest BCUT2D eigenvalue weighted by Gasteiger charge is -1.80. The molecule has 0 aromatic carbocycles. The first-order chi connectivity index (χ1) is 7.95. The quantitative estimate of drug-likeness (QED) is 0.711. The van der Waals surface area contributed by atoms with Gasteiger partial charge in [0.1, 0.15) is 11.5 Å². The summed E-state index contributed by atoms with van der Waals surface area (Å²) >= 11 is 0. The minimum absolute atomic E-state index is 0.847. The Kier molecular flexibility index (Phi) is 3.61. The number of hydrogen-bond donors (Lipinski definition) is 0. The lowest BCUT2D eigenvalue weighted by atomic mass is 10.3. The first kappa shape index (κ1) is 10.3. The van der Waals surface area contributed by atoms with Crippen LogP contribution in [0, 0.1) is 0 Å². The van der Waals surface area contributed by atoms with E-state index >= 15 is 0 Å². The van der Waals surface area contributed by atoms with Crippen LogP contribution in [0.25, 0.3) is 12.2 Å². The van der Waals surface area contributed by atoms with Crippen molar-refractivity contribution in [2.24, 2.45) is 0 Å². The van der Waals surface area contributed by atoms with Crippen molar-refractivity contribution >= 4 is 12.2 Å². The molecule has 2 aromatic heterocycles. The average Bonchev–Trinajstić information content (AvgIpc) is 2.96. The molecule has 0 aliphatic rings. The van der Waals surface area contributed by atoms with Crippen LogP contribution in [0.1, 0.15) is 11.5 Å². The number of hydrogen-bond acceptors (Lipinski definition) is 2. The summed E-state index contributed by atoms with van der Waals surface area (Å²) in [5.74, 6) is 1.69. The average molecular weight is 212 g/mol. The van der Waals surface area contributed by atoms with Crippen LogP contribution in [0.5, 0.6) is 0 Å². The zero-order chi connectivity index (χ0) is 11.1. The largest absolute Gasteiger partial charge is 0.465 e. The molecular formula is C14H12O2. The standard InChI is InChI=1S/C14H12O2/c1(3-7-13-9-5-11-15-13)2-4-8-14-10-6-12-16-14/h1-12H/b2-1+,7-3-,8-4-. The summed E-state index contributed by atoms with van der Waals surface area (Å²) in [6.45, 7) is 0. The van der Waals surface area contributed by atoms with Gasteiger partial charge in [0.05, 0.1) is 12.5 Å². The van der Waals surface area contributed by atoms with Crippen LogP contribution < -0.4 is 0 Å². The van der Waals surface area contributed by atoms with Crippen LogP contribution in [0.2, 0.25) is 0 Å². The molecule has 0 aliphatic heterocycles. The Labute approximate surface area is 94.2 Å². The molecule has 2 nitrogen and oxygen atoms in total. The third-order valence-corrected chi connectivity index (χ3v) is 1.94. The Hall–Kier alpha value is -2.22. The van der Waals surface area contributed by atoms with Gasteiger partial charge in [0.15, 0.2) is 0 Å². The highest BCUT2D eigenvalue weighted by molar-refractivity contribution is 5.47. The second-order valence-electron chi connectivity index (χ2n) is 3.13. The topological polar surface area (TPSA) is 26.3 Å². The van der Waals surface area contributed by atoms with Crippen molar-refractivity contribution in [3.05, 3.63) is 72.6 Å². The van der Waals surface area contributed by atoms with Crippen molar-refractivity contribution < 1.29 is 8.83 Å². The third-order valence-electron chi connectivity index (χ3n) is 1.94. The first-order valence-electron chi connectivity index (χ1n) is 5.03. The van der Waals surface area contributed by atoms with Crippen molar-refractivity contribution in [2.75, 3.05) is 0 Å². The molecular weight excluding hydrogens is 200 g/mol. The van der Waals surface area contributed by atoms with Crippen LogP contribution >= 0.6 is 0 Å². The summed E-state index contributed by atoms with van der Waals surface area (Å²) in [5, 5.41) is 0. The maximum atomic E-state index is 5.15. The Balaban J connectivity index is 1.82. The van der Waals surface area contributed by atoms with E-state index in [4.69, 9.17) is 8.83 Å². The molecule has 2 heterocycles. The first-order valence-corrected chi connectivity index (χ1v) is 5.03. The molecule has 0 radical (unpaired) electrons. The van der Waals surface area contributed by atoms with E-state index in [1.54, 1.807) is 12.5 Å². The van der Waals surface area contributed by atoms with Crippen molar-refractivity contribution in [3.63, 3.8) is 0 Å². The van der Waals surface area contributed by atoms with Gasteiger partial charge in [0, 0.05) is 0 Å². The molecule has 0 saturated carbocycles. The van der Waals surface area contributed by atoms with Gasteiger partial charge in [-0.1, -0.05) is 24.3 Å². The fraction of sp³-hybridized carbons (Fsp3) is 0. The van der Waals surface area contributed by atoms with E-state index in [-0.39, 0.29) is 0 Å². The molecule has 0 aliphatic carbocycles. The third kappa shape index (κ3) is 3.17. The van der Waals surface area contributed by atoms with E-state index in [0.29, 0.717) is 0 Å². The molecule has 0 bridgehead atoms. The lowest BCUT2D eigenvalue weighted by Crippen LogP contribution is -1.59.